The topological polar surface area (TPSA) is 55.8 Å². The molecule has 0 radical (unpaired) electrons. The van der Waals surface area contributed by atoms with Gasteiger partial charge in [-0.25, -0.2) is 0 Å². The third kappa shape index (κ3) is 5.67. The maximum atomic E-state index is 12.0. The highest BCUT2D eigenvalue weighted by Gasteiger charge is 2.33. The number of aliphatic hydroxyl groups excluding tert-OH is 1. The molecule has 0 amide bonds. The van der Waals surface area contributed by atoms with Crippen LogP contribution < -0.4 is 0 Å². The van der Waals surface area contributed by atoms with E-state index in [-0.39, 0.29) is 0 Å². The van der Waals surface area contributed by atoms with Gasteiger partial charge in [-0.3, -0.25) is 4.57 Å². The van der Waals surface area contributed by atoms with Gasteiger partial charge in [-0.05, 0) is 20.3 Å². The molecule has 0 heterocycles. The van der Waals surface area contributed by atoms with Crippen LogP contribution in [0.3, 0.4) is 0 Å². The highest BCUT2D eigenvalue weighted by atomic mass is 31.2. The summed E-state index contributed by atoms with van der Waals surface area (Å²) in [5, 5.41) is 9.74. The lowest BCUT2D eigenvalue weighted by molar-refractivity contribution is 0.142. The molecule has 1 atom stereocenters. The molecule has 1 unspecified atom stereocenters. The van der Waals surface area contributed by atoms with E-state index in [0.29, 0.717) is 19.6 Å². The van der Waals surface area contributed by atoms with Crippen molar-refractivity contribution in [3.63, 3.8) is 0 Å². The first kappa shape index (κ1) is 15.1. The third-order valence-electron chi connectivity index (χ3n) is 2.05. The van der Waals surface area contributed by atoms with E-state index in [0.717, 1.165) is 19.3 Å². The lowest BCUT2D eigenvalue weighted by Crippen LogP contribution is -2.12. The van der Waals surface area contributed by atoms with Crippen LogP contribution in [-0.4, -0.2) is 24.2 Å². The quantitative estimate of drug-likeness (QED) is 0.495. The van der Waals surface area contributed by atoms with Gasteiger partial charge in [-0.2, -0.15) is 0 Å². The average molecular weight is 238 g/mol. The number of hydrogen-bond acceptors (Lipinski definition) is 4. The van der Waals surface area contributed by atoms with Crippen molar-refractivity contribution in [3.8, 4) is 0 Å². The minimum atomic E-state index is -3.30. The predicted molar refractivity (Wildman–Crippen MR) is 61.0 cm³/mol. The summed E-state index contributed by atoms with van der Waals surface area (Å²) in [6.07, 6.45) is 3.42. The third-order valence-corrected chi connectivity index (χ3v) is 4.27. The molecule has 0 aliphatic heterocycles. The summed E-state index contributed by atoms with van der Waals surface area (Å²) in [4.78, 5) is 0. The molecule has 0 aliphatic rings. The zero-order valence-electron chi connectivity index (χ0n) is 9.94. The fourth-order valence-corrected chi connectivity index (χ4v) is 2.94. The van der Waals surface area contributed by atoms with Gasteiger partial charge in [0.15, 0.2) is 5.85 Å². The normalized spacial score (nSPS) is 14.1. The van der Waals surface area contributed by atoms with Crippen molar-refractivity contribution in [2.75, 3.05) is 13.2 Å². The van der Waals surface area contributed by atoms with Gasteiger partial charge in [0.25, 0.3) is 0 Å². The largest absolute Gasteiger partial charge is 0.380 e. The summed E-state index contributed by atoms with van der Waals surface area (Å²) < 4.78 is 22.1. The molecule has 0 aromatic carbocycles. The minimum Gasteiger partial charge on any atom is -0.380 e. The van der Waals surface area contributed by atoms with Crippen molar-refractivity contribution < 1.29 is 18.7 Å². The molecule has 0 bridgehead atoms. The number of unbranched alkanes of at least 4 members (excludes halogenated alkanes) is 2. The maximum absolute atomic E-state index is 12.0. The Bertz CT molecular complexity index is 186. The van der Waals surface area contributed by atoms with Gasteiger partial charge < -0.3 is 14.2 Å². The van der Waals surface area contributed by atoms with Gasteiger partial charge >= 0.3 is 7.60 Å². The second-order valence-corrected chi connectivity index (χ2v) is 5.54. The molecular weight excluding hydrogens is 215 g/mol. The Morgan fingerprint density at radius 2 is 1.67 bits per heavy atom. The first-order valence-corrected chi connectivity index (χ1v) is 7.28. The summed E-state index contributed by atoms with van der Waals surface area (Å²) in [5.41, 5.74) is 0. The first-order chi connectivity index (χ1) is 7.10. The van der Waals surface area contributed by atoms with Crippen molar-refractivity contribution in [2.24, 2.45) is 0 Å². The molecule has 15 heavy (non-hydrogen) atoms. The molecule has 1 N–H and O–H groups in total. The molecule has 0 spiro atoms. The molecule has 0 saturated carbocycles. The van der Waals surface area contributed by atoms with E-state index < -0.39 is 13.4 Å². The molecule has 0 aliphatic carbocycles. The standard InChI is InChI=1S/C10H23O4P/c1-4-7-8-9-10(11)15(12,13-5-2)14-6-3/h10-11H,4-9H2,1-3H3. The molecular formula is C10H23O4P. The van der Waals surface area contributed by atoms with E-state index in [4.69, 9.17) is 9.05 Å². The van der Waals surface area contributed by atoms with E-state index >= 15 is 0 Å². The summed E-state index contributed by atoms with van der Waals surface area (Å²) in [6, 6.07) is 0. The zero-order valence-corrected chi connectivity index (χ0v) is 10.8. The first-order valence-electron chi connectivity index (χ1n) is 5.67. The van der Waals surface area contributed by atoms with Crippen LogP contribution in [0.25, 0.3) is 0 Å². The molecule has 0 aromatic rings. The second kappa shape index (κ2) is 8.28. The molecule has 92 valence electrons. The van der Waals surface area contributed by atoms with E-state index in [2.05, 4.69) is 6.92 Å². The van der Waals surface area contributed by atoms with Crippen molar-refractivity contribution in [1.82, 2.24) is 0 Å². The molecule has 4 nitrogen and oxygen atoms in total. The number of rotatable bonds is 9. The van der Waals surface area contributed by atoms with Crippen molar-refractivity contribution in [3.05, 3.63) is 0 Å². The summed E-state index contributed by atoms with van der Waals surface area (Å²) in [6.45, 7) is 6.15. The van der Waals surface area contributed by atoms with Crippen molar-refractivity contribution in [1.29, 1.82) is 0 Å². The Kier molecular flexibility index (Phi) is 8.34. The second-order valence-electron chi connectivity index (χ2n) is 3.35. The smallest absolute Gasteiger partial charge is 0.358 e. The highest BCUT2D eigenvalue weighted by molar-refractivity contribution is 7.54. The molecule has 0 rings (SSSR count). The van der Waals surface area contributed by atoms with Crippen LogP contribution in [0.1, 0.15) is 46.5 Å². The van der Waals surface area contributed by atoms with Crippen LogP contribution in [0.4, 0.5) is 0 Å². The fraction of sp³-hybridized carbons (Fsp3) is 1.00. The van der Waals surface area contributed by atoms with Crippen LogP contribution in [0, 0.1) is 0 Å². The Morgan fingerprint density at radius 1 is 1.13 bits per heavy atom. The van der Waals surface area contributed by atoms with Gasteiger partial charge in [0.1, 0.15) is 0 Å². The molecule has 5 heteroatoms. The summed E-state index contributed by atoms with van der Waals surface area (Å²) >= 11 is 0. The Balaban J connectivity index is 4.15. The van der Waals surface area contributed by atoms with E-state index in [9.17, 15) is 9.67 Å². The van der Waals surface area contributed by atoms with Gasteiger partial charge in [0.05, 0.1) is 13.2 Å². The van der Waals surface area contributed by atoms with Crippen molar-refractivity contribution >= 4 is 7.60 Å². The predicted octanol–water partition coefficient (Wildman–Crippen LogP) is 3.15. The maximum Gasteiger partial charge on any atom is 0.358 e. The van der Waals surface area contributed by atoms with Gasteiger partial charge in [-0.15, -0.1) is 0 Å². The number of aliphatic hydroxyl groups is 1. The highest BCUT2D eigenvalue weighted by Crippen LogP contribution is 2.53. The zero-order chi connectivity index (χ0) is 11.7. The van der Waals surface area contributed by atoms with Gasteiger partial charge in [0, 0.05) is 0 Å². The van der Waals surface area contributed by atoms with Gasteiger partial charge in [0.2, 0.25) is 0 Å². The number of hydrogen-bond donors (Lipinski definition) is 1. The van der Waals surface area contributed by atoms with Crippen LogP contribution in [0.5, 0.6) is 0 Å². The molecule has 0 fully saturated rings. The lowest BCUT2D eigenvalue weighted by Gasteiger charge is -2.22. The Hall–Kier alpha value is 0.110. The van der Waals surface area contributed by atoms with E-state index in [1.807, 2.05) is 0 Å². The van der Waals surface area contributed by atoms with Crippen LogP contribution in [-0.2, 0) is 13.6 Å². The van der Waals surface area contributed by atoms with Gasteiger partial charge in [-0.1, -0.05) is 26.2 Å². The molecule has 0 saturated heterocycles. The van der Waals surface area contributed by atoms with Crippen LogP contribution >= 0.6 is 7.60 Å². The average Bonchev–Trinajstić information content (AvgIpc) is 2.18. The SMILES string of the molecule is CCCCCC(O)P(=O)(OCC)OCC. The fourth-order valence-electron chi connectivity index (χ4n) is 1.30. The van der Waals surface area contributed by atoms with Crippen molar-refractivity contribution in [2.45, 2.75) is 52.3 Å². The van der Waals surface area contributed by atoms with E-state index in [1.165, 1.54) is 0 Å². The molecule has 0 aromatic heterocycles. The van der Waals surface area contributed by atoms with E-state index in [1.54, 1.807) is 13.8 Å². The lowest BCUT2D eigenvalue weighted by atomic mass is 10.2. The Labute approximate surface area is 92.5 Å². The summed E-state index contributed by atoms with van der Waals surface area (Å²) in [5.74, 6) is -0.982. The Morgan fingerprint density at radius 3 is 2.07 bits per heavy atom. The summed E-state index contributed by atoms with van der Waals surface area (Å²) in [7, 11) is -3.30. The minimum absolute atomic E-state index is 0.294. The van der Waals surface area contributed by atoms with Crippen LogP contribution in [0.2, 0.25) is 0 Å². The monoisotopic (exact) mass is 238 g/mol. The van der Waals surface area contributed by atoms with Crippen LogP contribution in [0.15, 0.2) is 0 Å².